The van der Waals surface area contributed by atoms with Crippen molar-refractivity contribution in [3.05, 3.63) is 35.1 Å². The lowest BCUT2D eigenvalue weighted by molar-refractivity contribution is -0.415. The predicted octanol–water partition coefficient (Wildman–Crippen LogP) is 3.84. The van der Waals surface area contributed by atoms with E-state index >= 15 is 0 Å². The molecule has 1 fully saturated rings. The van der Waals surface area contributed by atoms with Gasteiger partial charge in [-0.15, -0.1) is 0 Å². The van der Waals surface area contributed by atoms with Crippen molar-refractivity contribution in [1.82, 2.24) is 0 Å². The molecule has 0 spiro atoms. The van der Waals surface area contributed by atoms with Gasteiger partial charge in [-0.3, -0.25) is 0 Å². The quantitative estimate of drug-likeness (QED) is 0.662. The van der Waals surface area contributed by atoms with Gasteiger partial charge in [-0.1, -0.05) is 33.1 Å². The number of hydrogen-bond donors (Lipinski definition) is 1. The molecule has 0 aliphatic carbocycles. The van der Waals surface area contributed by atoms with Gasteiger partial charge in [-0.25, -0.2) is 13.2 Å². The summed E-state index contributed by atoms with van der Waals surface area (Å²) in [5.41, 5.74) is -0.557. The van der Waals surface area contributed by atoms with Crippen LogP contribution in [0.15, 0.2) is 12.1 Å². The van der Waals surface area contributed by atoms with E-state index in [4.69, 9.17) is 9.47 Å². The number of unbranched alkanes of at least 4 members (excludes halogenated alkanes) is 2. The first-order valence-corrected chi connectivity index (χ1v) is 7.45. The Labute approximate surface area is 128 Å². The van der Waals surface area contributed by atoms with E-state index in [0.29, 0.717) is 12.1 Å². The molecular weight excluding hydrogens is 297 g/mol. The molecule has 0 unspecified atom stereocenters. The molecule has 0 saturated carbocycles. The summed E-state index contributed by atoms with van der Waals surface area (Å²) in [5.74, 6) is -6.63. The first-order chi connectivity index (χ1) is 10.3. The first kappa shape index (κ1) is 17.2. The lowest BCUT2D eigenvalue weighted by atomic mass is 9.85. The minimum absolute atomic E-state index is 0.188. The molecule has 3 nitrogen and oxygen atoms in total. The Balaban J connectivity index is 2.08. The van der Waals surface area contributed by atoms with Crippen LogP contribution < -0.4 is 0 Å². The van der Waals surface area contributed by atoms with Crippen molar-refractivity contribution in [1.29, 1.82) is 0 Å². The molecule has 0 bridgehead atoms. The van der Waals surface area contributed by atoms with E-state index in [2.05, 4.69) is 6.92 Å². The van der Waals surface area contributed by atoms with Crippen molar-refractivity contribution in [2.75, 3.05) is 13.2 Å². The highest BCUT2D eigenvalue weighted by Crippen LogP contribution is 2.38. The second kappa shape index (κ2) is 6.56. The van der Waals surface area contributed by atoms with Gasteiger partial charge in [0.15, 0.2) is 17.5 Å². The third kappa shape index (κ3) is 3.62. The van der Waals surface area contributed by atoms with Crippen LogP contribution in [0.1, 0.15) is 45.1 Å². The van der Waals surface area contributed by atoms with E-state index in [1.165, 1.54) is 0 Å². The molecule has 124 valence electrons. The molecular formula is C16H21F3O3. The Morgan fingerprint density at radius 2 is 1.64 bits per heavy atom. The van der Waals surface area contributed by atoms with Gasteiger partial charge >= 0.3 is 5.97 Å². The molecule has 0 atom stereocenters. The number of hydrogen-bond acceptors (Lipinski definition) is 3. The fraction of sp³-hybridized carbons (Fsp3) is 0.625. The van der Waals surface area contributed by atoms with Crippen LogP contribution in [0.3, 0.4) is 0 Å². The van der Waals surface area contributed by atoms with Gasteiger partial charge < -0.3 is 14.6 Å². The number of benzene rings is 1. The molecule has 0 radical (unpaired) electrons. The van der Waals surface area contributed by atoms with Crippen molar-refractivity contribution < 1.29 is 27.8 Å². The van der Waals surface area contributed by atoms with E-state index in [-0.39, 0.29) is 24.2 Å². The largest absolute Gasteiger partial charge is 0.339 e. The molecule has 1 N–H and O–H groups in total. The van der Waals surface area contributed by atoms with Crippen LogP contribution >= 0.6 is 0 Å². The van der Waals surface area contributed by atoms with Crippen molar-refractivity contribution in [3.63, 3.8) is 0 Å². The fourth-order valence-electron chi connectivity index (χ4n) is 2.48. The lowest BCUT2D eigenvalue weighted by Crippen LogP contribution is -2.46. The van der Waals surface area contributed by atoms with Gasteiger partial charge in [0.2, 0.25) is 0 Å². The van der Waals surface area contributed by atoms with Gasteiger partial charge in [0.1, 0.15) is 0 Å². The maximum absolute atomic E-state index is 13.3. The van der Waals surface area contributed by atoms with Gasteiger partial charge in [-0.2, -0.15) is 0 Å². The second-order valence-electron chi connectivity index (χ2n) is 6.18. The van der Waals surface area contributed by atoms with E-state index in [1.54, 1.807) is 0 Å². The van der Waals surface area contributed by atoms with Crippen molar-refractivity contribution in [2.24, 2.45) is 5.41 Å². The van der Waals surface area contributed by atoms with Crippen LogP contribution in [0.5, 0.6) is 0 Å². The van der Waals surface area contributed by atoms with Gasteiger partial charge in [0, 0.05) is 11.0 Å². The maximum Gasteiger partial charge on any atom is 0.309 e. The van der Waals surface area contributed by atoms with Crippen LogP contribution in [0.4, 0.5) is 13.2 Å². The topological polar surface area (TPSA) is 38.7 Å². The molecule has 1 aliphatic heterocycles. The van der Waals surface area contributed by atoms with E-state index in [0.717, 1.165) is 25.7 Å². The van der Waals surface area contributed by atoms with Crippen LogP contribution in [0, 0.1) is 22.9 Å². The van der Waals surface area contributed by atoms with Gasteiger partial charge in [-0.05, 0) is 18.6 Å². The second-order valence-corrected chi connectivity index (χ2v) is 6.18. The monoisotopic (exact) mass is 318 g/mol. The summed E-state index contributed by atoms with van der Waals surface area (Å²) < 4.78 is 50.2. The molecule has 1 saturated heterocycles. The zero-order valence-electron chi connectivity index (χ0n) is 12.8. The molecule has 0 amide bonds. The minimum Gasteiger partial charge on any atom is -0.339 e. The number of ether oxygens (including phenoxy) is 2. The summed E-state index contributed by atoms with van der Waals surface area (Å²) in [4.78, 5) is 0. The molecule has 1 aromatic carbocycles. The predicted molar refractivity (Wildman–Crippen MR) is 74.4 cm³/mol. The highest BCUT2D eigenvalue weighted by atomic mass is 19.2. The van der Waals surface area contributed by atoms with Crippen LogP contribution in [-0.4, -0.2) is 18.3 Å². The molecule has 22 heavy (non-hydrogen) atoms. The molecule has 1 heterocycles. The zero-order valence-corrected chi connectivity index (χ0v) is 12.8. The minimum atomic E-state index is -2.25. The third-order valence-electron chi connectivity index (χ3n) is 3.97. The molecule has 1 aromatic rings. The number of halogens is 3. The Kier molecular flexibility index (Phi) is 5.14. The SMILES string of the molecule is CCCCCC1(C)COC(O)(c2cc(F)c(F)c(F)c2)OC1. The molecule has 1 aliphatic rings. The van der Waals surface area contributed by atoms with Gasteiger partial charge in [0.05, 0.1) is 13.2 Å². The maximum atomic E-state index is 13.3. The third-order valence-corrected chi connectivity index (χ3v) is 3.97. The Hall–Kier alpha value is -1.11. The van der Waals surface area contributed by atoms with Crippen molar-refractivity contribution in [2.45, 2.75) is 45.5 Å². The molecule has 0 aromatic heterocycles. The zero-order chi connectivity index (χ0) is 16.4. The van der Waals surface area contributed by atoms with Crippen LogP contribution in [-0.2, 0) is 15.4 Å². The summed E-state index contributed by atoms with van der Waals surface area (Å²) in [5, 5.41) is 10.3. The van der Waals surface area contributed by atoms with Crippen LogP contribution in [0.25, 0.3) is 0 Å². The summed E-state index contributed by atoms with van der Waals surface area (Å²) in [6, 6.07) is 1.36. The average Bonchev–Trinajstić information content (AvgIpc) is 2.48. The Morgan fingerprint density at radius 1 is 1.09 bits per heavy atom. The smallest absolute Gasteiger partial charge is 0.309 e. The normalized spacial score (nSPS) is 28.8. The summed E-state index contributed by atoms with van der Waals surface area (Å²) in [7, 11) is 0. The summed E-state index contributed by atoms with van der Waals surface area (Å²) in [6.07, 6.45) is 4.06. The molecule has 6 heteroatoms. The Bertz CT molecular complexity index is 502. The standard InChI is InChI=1S/C16H21F3O3/c1-3-4-5-6-15(2)9-21-16(20,22-10-15)11-7-12(17)14(19)13(18)8-11/h7-8,20H,3-6,9-10H2,1-2H3. The lowest BCUT2D eigenvalue weighted by Gasteiger charge is -2.41. The Morgan fingerprint density at radius 3 is 2.14 bits per heavy atom. The number of rotatable bonds is 5. The van der Waals surface area contributed by atoms with E-state index in [1.807, 2.05) is 6.92 Å². The summed E-state index contributed by atoms with van der Waals surface area (Å²) >= 11 is 0. The summed E-state index contributed by atoms with van der Waals surface area (Å²) in [6.45, 7) is 4.45. The van der Waals surface area contributed by atoms with Crippen LogP contribution in [0.2, 0.25) is 0 Å². The first-order valence-electron chi connectivity index (χ1n) is 7.45. The van der Waals surface area contributed by atoms with E-state index in [9.17, 15) is 18.3 Å². The average molecular weight is 318 g/mol. The van der Waals surface area contributed by atoms with Crippen molar-refractivity contribution in [3.8, 4) is 0 Å². The number of aliphatic hydroxyl groups is 1. The molecule has 2 rings (SSSR count). The fourth-order valence-corrected chi connectivity index (χ4v) is 2.48. The van der Waals surface area contributed by atoms with E-state index < -0.39 is 23.4 Å². The highest BCUT2D eigenvalue weighted by Gasteiger charge is 2.43. The highest BCUT2D eigenvalue weighted by molar-refractivity contribution is 5.22. The van der Waals surface area contributed by atoms with Gasteiger partial charge in [0.25, 0.3) is 0 Å². The van der Waals surface area contributed by atoms with Crippen molar-refractivity contribution >= 4 is 0 Å².